The van der Waals surface area contributed by atoms with Crippen LogP contribution >= 0.6 is 15.9 Å². The highest BCUT2D eigenvalue weighted by Crippen LogP contribution is 2.25. The van der Waals surface area contributed by atoms with Crippen LogP contribution < -0.4 is 0 Å². The number of amides is 1. The molecule has 0 saturated carbocycles. The third-order valence-electron chi connectivity index (χ3n) is 4.80. The van der Waals surface area contributed by atoms with Gasteiger partial charge in [-0.25, -0.2) is 8.42 Å². The van der Waals surface area contributed by atoms with Crippen LogP contribution in [0, 0.1) is 0 Å². The van der Waals surface area contributed by atoms with Gasteiger partial charge in [-0.1, -0.05) is 43.3 Å². The summed E-state index contributed by atoms with van der Waals surface area (Å²) in [4.78, 5) is 14.9. The van der Waals surface area contributed by atoms with E-state index in [4.69, 9.17) is 0 Å². The van der Waals surface area contributed by atoms with Crippen molar-refractivity contribution in [3.8, 4) is 0 Å². The molecule has 2 aromatic carbocycles. The van der Waals surface area contributed by atoms with Gasteiger partial charge in [-0.15, -0.1) is 0 Å². The average Bonchev–Trinajstić information content (AvgIpc) is 2.99. The molecule has 138 valence electrons. The largest absolute Gasteiger partial charge is 0.330 e. The van der Waals surface area contributed by atoms with E-state index >= 15 is 0 Å². The zero-order valence-electron chi connectivity index (χ0n) is 14.7. The van der Waals surface area contributed by atoms with Gasteiger partial charge in [-0.2, -0.15) is 0 Å². The predicted molar refractivity (Wildman–Crippen MR) is 107 cm³/mol. The van der Waals surface area contributed by atoms with Gasteiger partial charge >= 0.3 is 0 Å². The van der Waals surface area contributed by atoms with Crippen LogP contribution in [0.25, 0.3) is 0 Å². The van der Waals surface area contributed by atoms with Crippen LogP contribution in [0.3, 0.4) is 0 Å². The van der Waals surface area contributed by atoms with E-state index in [1.165, 1.54) is 5.56 Å². The Kier molecular flexibility index (Phi) is 5.82. The summed E-state index contributed by atoms with van der Waals surface area (Å²) in [6.07, 6.45) is 1.45. The number of carbonyl (C=O) groups is 1. The Morgan fingerprint density at radius 1 is 1.12 bits per heavy atom. The molecule has 1 heterocycles. The molecule has 4 nitrogen and oxygen atoms in total. The molecule has 1 aliphatic heterocycles. The van der Waals surface area contributed by atoms with E-state index < -0.39 is 9.84 Å². The van der Waals surface area contributed by atoms with Crippen LogP contribution in [0.5, 0.6) is 0 Å². The van der Waals surface area contributed by atoms with E-state index in [-0.39, 0.29) is 23.5 Å². The van der Waals surface area contributed by atoms with Crippen molar-refractivity contribution in [2.24, 2.45) is 0 Å². The quantitative estimate of drug-likeness (QED) is 0.716. The molecule has 0 bridgehead atoms. The maximum absolute atomic E-state index is 13.2. The van der Waals surface area contributed by atoms with Gasteiger partial charge in [0.1, 0.15) is 0 Å². The number of sulfone groups is 1. The van der Waals surface area contributed by atoms with Crippen molar-refractivity contribution >= 4 is 31.7 Å². The maximum Gasteiger partial charge on any atom is 0.255 e. The number of nitrogens with zero attached hydrogens (tertiary/aromatic N) is 1. The first-order valence-electron chi connectivity index (χ1n) is 8.73. The molecule has 1 amide bonds. The molecule has 6 heteroatoms. The van der Waals surface area contributed by atoms with Gasteiger partial charge in [0.05, 0.1) is 17.1 Å². The zero-order valence-corrected chi connectivity index (χ0v) is 17.1. The van der Waals surface area contributed by atoms with Crippen molar-refractivity contribution in [3.63, 3.8) is 0 Å². The number of aryl methyl sites for hydroxylation is 1. The molecule has 1 fully saturated rings. The molecule has 1 aliphatic rings. The summed E-state index contributed by atoms with van der Waals surface area (Å²) in [5.74, 6) is 0.0433. The lowest BCUT2D eigenvalue weighted by molar-refractivity contribution is 0.0680. The lowest BCUT2D eigenvalue weighted by Gasteiger charge is -2.29. The first-order chi connectivity index (χ1) is 12.4. The Bertz CT molecular complexity index is 894. The predicted octanol–water partition coefficient (Wildman–Crippen LogP) is 3.84. The molecule has 3 rings (SSSR count). The van der Waals surface area contributed by atoms with Gasteiger partial charge in [0.2, 0.25) is 0 Å². The van der Waals surface area contributed by atoms with Crippen molar-refractivity contribution in [2.45, 2.75) is 32.4 Å². The van der Waals surface area contributed by atoms with Gasteiger partial charge in [0, 0.05) is 17.1 Å². The minimum atomic E-state index is -3.07. The summed E-state index contributed by atoms with van der Waals surface area (Å²) in [6.45, 7) is 2.51. The molecule has 1 atom stereocenters. The summed E-state index contributed by atoms with van der Waals surface area (Å²) in [6, 6.07) is 15.1. The lowest BCUT2D eigenvalue weighted by Crippen LogP contribution is -2.40. The fourth-order valence-electron chi connectivity index (χ4n) is 3.25. The SMILES string of the molecule is CCc1ccc(CN(C(=O)c2ccccc2Br)C2CCS(=O)(=O)C2)cc1. The number of hydrogen-bond acceptors (Lipinski definition) is 3. The van der Waals surface area contributed by atoms with Crippen molar-refractivity contribution in [3.05, 3.63) is 69.7 Å². The second-order valence-electron chi connectivity index (χ2n) is 6.64. The fraction of sp³-hybridized carbons (Fsp3) is 0.350. The van der Waals surface area contributed by atoms with Gasteiger partial charge in [-0.05, 0) is 52.0 Å². The Morgan fingerprint density at radius 3 is 2.35 bits per heavy atom. The van der Waals surface area contributed by atoms with E-state index in [1.54, 1.807) is 11.0 Å². The van der Waals surface area contributed by atoms with E-state index in [0.29, 0.717) is 18.5 Å². The highest BCUT2D eigenvalue weighted by molar-refractivity contribution is 9.10. The first kappa shape index (κ1) is 19.1. The van der Waals surface area contributed by atoms with E-state index in [0.717, 1.165) is 16.5 Å². The number of benzene rings is 2. The Hall–Kier alpha value is -1.66. The molecular formula is C20H22BrNO3S. The number of carbonyl (C=O) groups excluding carboxylic acids is 1. The Balaban J connectivity index is 1.91. The van der Waals surface area contributed by atoms with Gasteiger partial charge in [0.25, 0.3) is 5.91 Å². The van der Waals surface area contributed by atoms with Crippen LogP contribution in [0.2, 0.25) is 0 Å². The second-order valence-corrected chi connectivity index (χ2v) is 9.72. The third-order valence-corrected chi connectivity index (χ3v) is 7.24. The third kappa shape index (κ3) is 4.35. The van der Waals surface area contributed by atoms with Crippen LogP contribution in [0.1, 0.15) is 34.8 Å². The minimum absolute atomic E-state index is 0.0379. The molecule has 2 aromatic rings. The standard InChI is InChI=1S/C20H22BrNO3S/c1-2-15-7-9-16(10-8-15)13-22(17-11-12-26(24,25)14-17)20(23)18-5-3-4-6-19(18)21/h3-10,17H,2,11-14H2,1H3. The molecular weight excluding hydrogens is 414 g/mol. The molecule has 1 saturated heterocycles. The molecule has 1 unspecified atom stereocenters. The summed E-state index contributed by atoms with van der Waals surface area (Å²) >= 11 is 3.43. The minimum Gasteiger partial charge on any atom is -0.330 e. The molecule has 0 N–H and O–H groups in total. The average molecular weight is 436 g/mol. The molecule has 0 radical (unpaired) electrons. The highest BCUT2D eigenvalue weighted by atomic mass is 79.9. The van der Waals surface area contributed by atoms with Crippen LogP contribution in [0.15, 0.2) is 53.0 Å². The number of rotatable bonds is 5. The highest BCUT2D eigenvalue weighted by Gasteiger charge is 2.35. The summed E-state index contributed by atoms with van der Waals surface area (Å²) < 4.78 is 24.6. The van der Waals surface area contributed by atoms with E-state index in [2.05, 4.69) is 35.0 Å². The van der Waals surface area contributed by atoms with Crippen molar-refractivity contribution < 1.29 is 13.2 Å². The smallest absolute Gasteiger partial charge is 0.255 e. The topological polar surface area (TPSA) is 54.5 Å². The van der Waals surface area contributed by atoms with Crippen molar-refractivity contribution in [1.29, 1.82) is 0 Å². The monoisotopic (exact) mass is 435 g/mol. The van der Waals surface area contributed by atoms with E-state index in [1.807, 2.05) is 30.3 Å². The van der Waals surface area contributed by atoms with Gasteiger partial charge < -0.3 is 4.90 Å². The molecule has 0 aromatic heterocycles. The van der Waals surface area contributed by atoms with Crippen LogP contribution in [-0.2, 0) is 22.8 Å². The number of halogens is 1. The zero-order chi connectivity index (χ0) is 18.7. The van der Waals surface area contributed by atoms with Crippen LogP contribution in [0.4, 0.5) is 0 Å². The normalized spacial score (nSPS) is 18.6. The van der Waals surface area contributed by atoms with Gasteiger partial charge in [0.15, 0.2) is 9.84 Å². The van der Waals surface area contributed by atoms with Gasteiger partial charge in [-0.3, -0.25) is 4.79 Å². The van der Waals surface area contributed by atoms with Crippen molar-refractivity contribution in [1.82, 2.24) is 4.90 Å². The molecule has 0 aliphatic carbocycles. The summed E-state index contributed by atoms with van der Waals surface area (Å²) in [5, 5.41) is 0. The molecule has 0 spiro atoms. The molecule has 26 heavy (non-hydrogen) atoms. The Labute approximate surface area is 163 Å². The van der Waals surface area contributed by atoms with Crippen molar-refractivity contribution in [2.75, 3.05) is 11.5 Å². The van der Waals surface area contributed by atoms with E-state index in [9.17, 15) is 13.2 Å². The maximum atomic E-state index is 13.2. The summed E-state index contributed by atoms with van der Waals surface area (Å²) in [7, 11) is -3.07. The Morgan fingerprint density at radius 2 is 1.77 bits per heavy atom. The fourth-order valence-corrected chi connectivity index (χ4v) is 5.44. The lowest BCUT2D eigenvalue weighted by atomic mass is 10.1. The summed E-state index contributed by atoms with van der Waals surface area (Å²) in [5.41, 5.74) is 2.80. The first-order valence-corrected chi connectivity index (χ1v) is 11.3. The second kappa shape index (κ2) is 7.92. The van der Waals surface area contributed by atoms with Crippen LogP contribution in [-0.4, -0.2) is 36.8 Å². The number of hydrogen-bond donors (Lipinski definition) is 0.